The van der Waals surface area contributed by atoms with Crippen molar-refractivity contribution in [2.75, 3.05) is 0 Å². The maximum Gasteiger partial charge on any atom is 0.326 e. The summed E-state index contributed by atoms with van der Waals surface area (Å²) in [5.41, 5.74) is 10.1. The van der Waals surface area contributed by atoms with E-state index in [9.17, 15) is 19.8 Å². The van der Waals surface area contributed by atoms with Crippen LogP contribution in [0.15, 0.2) is 48.5 Å². The quantitative estimate of drug-likeness (QED) is 0.452. The van der Waals surface area contributed by atoms with Crippen LogP contribution in [0, 0.1) is 6.92 Å². The molecule has 7 heteroatoms. The minimum absolute atomic E-state index is 0.0686. The molecule has 0 bridgehead atoms. The smallest absolute Gasteiger partial charge is 0.326 e. The third kappa shape index (κ3) is 5.00. The van der Waals surface area contributed by atoms with Gasteiger partial charge in [-0.15, -0.1) is 0 Å². The third-order valence-electron chi connectivity index (χ3n) is 4.96. The molecule has 1 aromatic heterocycles. The molecule has 3 aromatic rings. The average molecular weight is 407 g/mol. The number of fused-ring (bicyclic) bond motifs is 1. The number of aliphatic hydroxyl groups excluding tert-OH is 1. The number of benzene rings is 2. The molecule has 0 radical (unpaired) electrons. The van der Waals surface area contributed by atoms with Crippen LogP contribution in [-0.4, -0.2) is 33.1 Å². The fourth-order valence-corrected chi connectivity index (χ4v) is 3.53. The second-order valence-corrected chi connectivity index (χ2v) is 7.26. The number of nitrogens with zero attached hydrogens (tertiary/aromatic N) is 1. The number of carbonyl (C=O) groups is 2. The van der Waals surface area contributed by atoms with Crippen molar-refractivity contribution in [3.05, 3.63) is 76.5 Å². The SMILES string of the molecule is Cc1cc(CO)c2cccc(C[C@H](NC(=O)Cc3cccc(CN)c3)C(=O)O)c2n1. The van der Waals surface area contributed by atoms with Crippen LogP contribution in [0.3, 0.4) is 0 Å². The molecule has 1 amide bonds. The van der Waals surface area contributed by atoms with E-state index in [2.05, 4.69) is 10.3 Å². The van der Waals surface area contributed by atoms with Crippen molar-refractivity contribution in [1.82, 2.24) is 10.3 Å². The zero-order valence-corrected chi connectivity index (χ0v) is 16.8. The minimum atomic E-state index is -1.12. The Morgan fingerprint density at radius 1 is 1.10 bits per heavy atom. The van der Waals surface area contributed by atoms with Gasteiger partial charge in [0.15, 0.2) is 0 Å². The Kier molecular flexibility index (Phi) is 6.76. The van der Waals surface area contributed by atoms with Crippen molar-refractivity contribution >= 4 is 22.8 Å². The maximum atomic E-state index is 12.5. The summed E-state index contributed by atoms with van der Waals surface area (Å²) in [7, 11) is 0. The second-order valence-electron chi connectivity index (χ2n) is 7.26. The van der Waals surface area contributed by atoms with E-state index >= 15 is 0 Å². The number of hydrogen-bond acceptors (Lipinski definition) is 5. The summed E-state index contributed by atoms with van der Waals surface area (Å²) in [6, 6.07) is 13.5. The van der Waals surface area contributed by atoms with Gasteiger partial charge in [0, 0.05) is 24.0 Å². The molecule has 2 aromatic carbocycles. The summed E-state index contributed by atoms with van der Waals surface area (Å²) in [5, 5.41) is 22.7. The number of rotatable bonds is 8. The molecule has 0 saturated heterocycles. The summed E-state index contributed by atoms with van der Waals surface area (Å²) >= 11 is 0. The number of hydrogen-bond donors (Lipinski definition) is 4. The summed E-state index contributed by atoms with van der Waals surface area (Å²) in [5.74, 6) is -1.50. The molecule has 7 nitrogen and oxygen atoms in total. The van der Waals surface area contributed by atoms with E-state index in [-0.39, 0.29) is 25.4 Å². The van der Waals surface area contributed by atoms with Crippen LogP contribution in [0.25, 0.3) is 10.9 Å². The average Bonchev–Trinajstić information content (AvgIpc) is 2.73. The second kappa shape index (κ2) is 9.47. The van der Waals surface area contributed by atoms with Crippen LogP contribution < -0.4 is 11.1 Å². The predicted molar refractivity (Wildman–Crippen MR) is 114 cm³/mol. The fourth-order valence-electron chi connectivity index (χ4n) is 3.53. The number of para-hydroxylation sites is 1. The Bertz CT molecular complexity index is 1080. The number of amides is 1. The molecule has 0 spiro atoms. The topological polar surface area (TPSA) is 126 Å². The maximum absolute atomic E-state index is 12.5. The summed E-state index contributed by atoms with van der Waals surface area (Å²) in [6.07, 6.45) is 0.155. The van der Waals surface area contributed by atoms with Crippen molar-refractivity contribution in [2.24, 2.45) is 5.73 Å². The highest BCUT2D eigenvalue weighted by Crippen LogP contribution is 2.23. The number of aliphatic carboxylic acids is 1. The lowest BCUT2D eigenvalue weighted by atomic mass is 9.99. The largest absolute Gasteiger partial charge is 0.480 e. The van der Waals surface area contributed by atoms with Crippen molar-refractivity contribution < 1.29 is 19.8 Å². The number of pyridine rings is 1. The highest BCUT2D eigenvalue weighted by atomic mass is 16.4. The first-order valence-corrected chi connectivity index (χ1v) is 9.70. The molecule has 3 rings (SSSR count). The zero-order chi connectivity index (χ0) is 21.7. The lowest BCUT2D eigenvalue weighted by Gasteiger charge is -2.17. The molecule has 1 atom stereocenters. The third-order valence-corrected chi connectivity index (χ3v) is 4.96. The number of carbonyl (C=O) groups excluding carboxylic acids is 1. The highest BCUT2D eigenvalue weighted by molar-refractivity contribution is 5.88. The van der Waals surface area contributed by atoms with Crippen LogP contribution in [0.1, 0.15) is 27.9 Å². The first kappa shape index (κ1) is 21.4. The van der Waals surface area contributed by atoms with Crippen molar-refractivity contribution in [2.45, 2.75) is 39.0 Å². The van der Waals surface area contributed by atoms with Gasteiger partial charge in [-0.2, -0.15) is 0 Å². The van der Waals surface area contributed by atoms with Crippen LogP contribution >= 0.6 is 0 Å². The van der Waals surface area contributed by atoms with Gasteiger partial charge in [-0.25, -0.2) is 4.79 Å². The highest BCUT2D eigenvalue weighted by Gasteiger charge is 2.22. The van der Waals surface area contributed by atoms with Gasteiger partial charge < -0.3 is 21.3 Å². The Balaban J connectivity index is 1.81. The number of carboxylic acids is 1. The standard InChI is InChI=1S/C23H25N3O4/c1-14-8-18(13-27)19-7-3-6-17(22(19)25-14)11-20(23(29)30)26-21(28)10-15-4-2-5-16(9-15)12-24/h2-9,20,27H,10-13,24H2,1H3,(H,26,28)(H,29,30)/t20-/m0/s1. The Hall–Kier alpha value is -3.29. The number of nitrogens with one attached hydrogen (secondary N) is 1. The van der Waals surface area contributed by atoms with E-state index in [0.29, 0.717) is 17.6 Å². The molecule has 30 heavy (non-hydrogen) atoms. The van der Waals surface area contributed by atoms with Crippen molar-refractivity contribution in [1.29, 1.82) is 0 Å². The minimum Gasteiger partial charge on any atom is -0.480 e. The molecule has 0 aliphatic carbocycles. The van der Waals surface area contributed by atoms with Gasteiger partial charge in [0.2, 0.25) is 5.91 Å². The number of aliphatic hydroxyl groups is 1. The van der Waals surface area contributed by atoms with Gasteiger partial charge in [0.25, 0.3) is 0 Å². The van der Waals surface area contributed by atoms with Gasteiger partial charge in [0.1, 0.15) is 6.04 Å². The van der Waals surface area contributed by atoms with E-state index < -0.39 is 12.0 Å². The van der Waals surface area contributed by atoms with E-state index in [0.717, 1.165) is 27.8 Å². The molecule has 5 N–H and O–H groups in total. The number of nitrogens with two attached hydrogens (primary N) is 1. The van der Waals surface area contributed by atoms with Crippen molar-refractivity contribution in [3.8, 4) is 0 Å². The van der Waals surface area contributed by atoms with E-state index in [1.165, 1.54) is 0 Å². The summed E-state index contributed by atoms with van der Waals surface area (Å²) in [4.78, 5) is 28.8. The molecular weight excluding hydrogens is 382 g/mol. The normalized spacial score (nSPS) is 12.0. The summed E-state index contributed by atoms with van der Waals surface area (Å²) in [6.45, 7) is 2.06. The van der Waals surface area contributed by atoms with Crippen LogP contribution in [0.5, 0.6) is 0 Å². The number of aromatic nitrogens is 1. The van der Waals surface area contributed by atoms with Gasteiger partial charge in [0.05, 0.1) is 18.5 Å². The first-order chi connectivity index (χ1) is 14.4. The first-order valence-electron chi connectivity index (χ1n) is 9.70. The number of carboxylic acid groups (broad SMARTS) is 1. The lowest BCUT2D eigenvalue weighted by Crippen LogP contribution is -2.43. The van der Waals surface area contributed by atoms with Crippen LogP contribution in [0.4, 0.5) is 0 Å². The molecule has 0 saturated carbocycles. The van der Waals surface area contributed by atoms with Gasteiger partial charge >= 0.3 is 5.97 Å². The molecule has 1 heterocycles. The predicted octanol–water partition coefficient (Wildman–Crippen LogP) is 1.85. The number of aryl methyl sites for hydroxylation is 1. The molecule has 0 unspecified atom stereocenters. The molecule has 156 valence electrons. The Labute approximate surface area is 174 Å². The van der Waals surface area contributed by atoms with Crippen molar-refractivity contribution in [3.63, 3.8) is 0 Å². The Morgan fingerprint density at radius 3 is 2.53 bits per heavy atom. The molecule has 0 aliphatic rings. The van der Waals surface area contributed by atoms with Crippen LogP contribution in [-0.2, 0) is 35.6 Å². The van der Waals surface area contributed by atoms with E-state index in [1.807, 2.05) is 37.3 Å². The fraction of sp³-hybridized carbons (Fsp3) is 0.261. The van der Waals surface area contributed by atoms with Crippen LogP contribution in [0.2, 0.25) is 0 Å². The van der Waals surface area contributed by atoms with Gasteiger partial charge in [-0.05, 0) is 35.2 Å². The van der Waals surface area contributed by atoms with Gasteiger partial charge in [-0.3, -0.25) is 9.78 Å². The Morgan fingerprint density at radius 2 is 1.83 bits per heavy atom. The molecular formula is C23H25N3O4. The monoisotopic (exact) mass is 407 g/mol. The zero-order valence-electron chi connectivity index (χ0n) is 16.8. The molecule has 0 fully saturated rings. The summed E-state index contributed by atoms with van der Waals surface area (Å²) < 4.78 is 0. The molecule has 0 aliphatic heterocycles. The van der Waals surface area contributed by atoms with Gasteiger partial charge in [-0.1, -0.05) is 42.5 Å². The van der Waals surface area contributed by atoms with E-state index in [4.69, 9.17) is 5.73 Å². The lowest BCUT2D eigenvalue weighted by molar-refractivity contribution is -0.141. The van der Waals surface area contributed by atoms with E-state index in [1.54, 1.807) is 18.2 Å².